The van der Waals surface area contributed by atoms with Gasteiger partial charge in [0.1, 0.15) is 0 Å². The molecule has 0 aliphatic carbocycles. The highest BCUT2D eigenvalue weighted by atomic mass is 16.5. The summed E-state index contributed by atoms with van der Waals surface area (Å²) in [6, 6.07) is 8.15. The molecule has 0 radical (unpaired) electrons. The van der Waals surface area contributed by atoms with E-state index in [0.29, 0.717) is 24.8 Å². The van der Waals surface area contributed by atoms with E-state index in [-0.39, 0.29) is 5.91 Å². The molecule has 2 heterocycles. The summed E-state index contributed by atoms with van der Waals surface area (Å²) < 4.78 is 5.89. The third kappa shape index (κ3) is 4.18. The molecular formula is C20H30N4O2. The van der Waals surface area contributed by atoms with Crippen LogP contribution in [0.15, 0.2) is 29.3 Å². The molecule has 2 saturated heterocycles. The summed E-state index contributed by atoms with van der Waals surface area (Å²) in [7, 11) is 1.79. The Labute approximate surface area is 156 Å². The highest BCUT2D eigenvalue weighted by molar-refractivity contribution is 5.94. The van der Waals surface area contributed by atoms with Gasteiger partial charge in [-0.3, -0.25) is 9.79 Å². The highest BCUT2D eigenvalue weighted by Crippen LogP contribution is 2.34. The van der Waals surface area contributed by atoms with E-state index in [2.05, 4.69) is 15.6 Å². The van der Waals surface area contributed by atoms with Gasteiger partial charge in [0.05, 0.1) is 18.2 Å². The van der Waals surface area contributed by atoms with E-state index in [1.54, 1.807) is 7.05 Å². The monoisotopic (exact) mass is 358 g/mol. The van der Waals surface area contributed by atoms with Gasteiger partial charge in [0.25, 0.3) is 5.91 Å². The number of ether oxygens (including phenoxy) is 1. The van der Waals surface area contributed by atoms with Crippen molar-refractivity contribution in [3.8, 4) is 0 Å². The second-order valence-electron chi connectivity index (χ2n) is 6.96. The fraction of sp³-hybridized carbons (Fsp3) is 0.600. The molecule has 26 heavy (non-hydrogen) atoms. The molecule has 0 saturated carbocycles. The number of benzene rings is 1. The van der Waals surface area contributed by atoms with Crippen LogP contribution in [0.4, 0.5) is 0 Å². The van der Waals surface area contributed by atoms with Crippen molar-refractivity contribution in [1.82, 2.24) is 15.5 Å². The predicted molar refractivity (Wildman–Crippen MR) is 103 cm³/mol. The largest absolute Gasteiger partial charge is 0.373 e. The van der Waals surface area contributed by atoms with Crippen LogP contribution < -0.4 is 10.6 Å². The number of aliphatic imine (C=N–C) groups is 1. The minimum absolute atomic E-state index is 0.0864. The average Bonchev–Trinajstić information content (AvgIpc) is 3.29. The molecule has 2 aliphatic heterocycles. The van der Waals surface area contributed by atoms with Crippen LogP contribution in [0.5, 0.6) is 0 Å². The lowest BCUT2D eigenvalue weighted by Gasteiger charge is -2.22. The zero-order valence-corrected chi connectivity index (χ0v) is 16.0. The molecule has 3 rings (SSSR count). The zero-order valence-electron chi connectivity index (χ0n) is 16.0. The predicted octanol–water partition coefficient (Wildman–Crippen LogP) is 2.15. The first-order chi connectivity index (χ1) is 12.6. The van der Waals surface area contributed by atoms with Crippen molar-refractivity contribution in [2.24, 2.45) is 4.99 Å². The number of carbonyl (C=O) groups is 1. The fourth-order valence-electron chi connectivity index (χ4n) is 3.80. The van der Waals surface area contributed by atoms with Crippen molar-refractivity contribution in [1.29, 1.82) is 0 Å². The summed E-state index contributed by atoms with van der Waals surface area (Å²) in [5.41, 5.74) is 1.85. The number of nitrogens with zero attached hydrogens (tertiary/aromatic N) is 2. The minimum atomic E-state index is 0.0864. The van der Waals surface area contributed by atoms with Gasteiger partial charge in [-0.2, -0.15) is 0 Å². The molecule has 1 aromatic rings. The third-order valence-electron chi connectivity index (χ3n) is 5.36. The Bertz CT molecular complexity index is 640. The summed E-state index contributed by atoms with van der Waals surface area (Å²) in [5, 5.41) is 6.83. The normalized spacial score (nSPS) is 24.6. The minimum Gasteiger partial charge on any atom is -0.373 e. The van der Waals surface area contributed by atoms with Crippen LogP contribution in [-0.4, -0.2) is 55.2 Å². The molecule has 2 aliphatic rings. The summed E-state index contributed by atoms with van der Waals surface area (Å²) in [6.45, 7) is 6.13. The molecule has 1 aromatic carbocycles. The second-order valence-corrected chi connectivity index (χ2v) is 6.96. The van der Waals surface area contributed by atoms with E-state index >= 15 is 0 Å². The van der Waals surface area contributed by atoms with Crippen molar-refractivity contribution in [3.05, 3.63) is 35.4 Å². The van der Waals surface area contributed by atoms with E-state index in [1.165, 1.54) is 6.42 Å². The number of rotatable bonds is 6. The van der Waals surface area contributed by atoms with Crippen molar-refractivity contribution in [2.45, 2.75) is 57.9 Å². The first-order valence-corrected chi connectivity index (χ1v) is 9.65. The van der Waals surface area contributed by atoms with Crippen molar-refractivity contribution in [3.63, 3.8) is 0 Å². The lowest BCUT2D eigenvalue weighted by atomic mass is 9.96. The van der Waals surface area contributed by atoms with Gasteiger partial charge < -0.3 is 20.3 Å². The second kappa shape index (κ2) is 8.54. The van der Waals surface area contributed by atoms with Gasteiger partial charge in [0, 0.05) is 32.2 Å². The van der Waals surface area contributed by atoms with Gasteiger partial charge in [-0.05, 0) is 50.8 Å². The number of carbonyl (C=O) groups excluding carboxylic acids is 1. The van der Waals surface area contributed by atoms with E-state index in [4.69, 9.17) is 4.74 Å². The topological polar surface area (TPSA) is 66.0 Å². The van der Waals surface area contributed by atoms with Gasteiger partial charge in [-0.25, -0.2) is 0 Å². The molecular weight excluding hydrogens is 328 g/mol. The van der Waals surface area contributed by atoms with E-state index < -0.39 is 0 Å². The summed E-state index contributed by atoms with van der Waals surface area (Å²) in [6.07, 6.45) is 4.14. The van der Waals surface area contributed by atoms with E-state index in [9.17, 15) is 4.79 Å². The summed E-state index contributed by atoms with van der Waals surface area (Å²) >= 11 is 0. The SMILES string of the molecule is CCN(CC)C(=O)c1ccc(CNC(=NC)NC2CC3CCC2O3)cc1. The smallest absolute Gasteiger partial charge is 0.253 e. The number of hydrogen-bond acceptors (Lipinski definition) is 3. The Hall–Kier alpha value is -2.08. The van der Waals surface area contributed by atoms with Gasteiger partial charge in [0.2, 0.25) is 0 Å². The molecule has 2 N–H and O–H groups in total. The van der Waals surface area contributed by atoms with Gasteiger partial charge in [-0.15, -0.1) is 0 Å². The zero-order chi connectivity index (χ0) is 18.5. The lowest BCUT2D eigenvalue weighted by Crippen LogP contribution is -2.47. The van der Waals surface area contributed by atoms with Crippen LogP contribution in [0.25, 0.3) is 0 Å². The van der Waals surface area contributed by atoms with Crippen LogP contribution in [0.3, 0.4) is 0 Å². The fourth-order valence-corrected chi connectivity index (χ4v) is 3.80. The van der Waals surface area contributed by atoms with Gasteiger partial charge >= 0.3 is 0 Å². The first kappa shape index (κ1) is 18.7. The number of fused-ring (bicyclic) bond motifs is 2. The van der Waals surface area contributed by atoms with Crippen LogP contribution in [0, 0.1) is 0 Å². The van der Waals surface area contributed by atoms with Crippen molar-refractivity contribution >= 4 is 11.9 Å². The average molecular weight is 358 g/mol. The molecule has 3 atom stereocenters. The Balaban J connectivity index is 1.51. The molecule has 3 unspecified atom stereocenters. The van der Waals surface area contributed by atoms with Crippen LogP contribution >= 0.6 is 0 Å². The maximum Gasteiger partial charge on any atom is 0.253 e. The Morgan fingerprint density at radius 3 is 2.50 bits per heavy atom. The van der Waals surface area contributed by atoms with E-state index in [0.717, 1.165) is 43.0 Å². The molecule has 0 aromatic heterocycles. The van der Waals surface area contributed by atoms with Crippen molar-refractivity contribution in [2.75, 3.05) is 20.1 Å². The quantitative estimate of drug-likeness (QED) is 0.604. The molecule has 2 bridgehead atoms. The summed E-state index contributed by atoms with van der Waals surface area (Å²) in [4.78, 5) is 18.5. The van der Waals surface area contributed by atoms with Gasteiger partial charge in [0.15, 0.2) is 5.96 Å². The van der Waals surface area contributed by atoms with Crippen LogP contribution in [0.2, 0.25) is 0 Å². The molecule has 6 nitrogen and oxygen atoms in total. The van der Waals surface area contributed by atoms with Gasteiger partial charge in [-0.1, -0.05) is 12.1 Å². The number of guanidine groups is 1. The maximum atomic E-state index is 12.4. The standard InChI is InChI=1S/C20H30N4O2/c1-4-24(5-2)19(25)15-8-6-14(7-9-15)13-22-20(21-3)23-17-12-16-10-11-18(17)26-16/h6-9,16-18H,4-5,10-13H2,1-3H3,(H2,21,22,23). The lowest BCUT2D eigenvalue weighted by molar-refractivity contribution is 0.0773. The third-order valence-corrected chi connectivity index (χ3v) is 5.36. The number of nitrogens with one attached hydrogen (secondary N) is 2. The molecule has 142 valence electrons. The van der Waals surface area contributed by atoms with E-state index in [1.807, 2.05) is 43.0 Å². The Morgan fingerprint density at radius 1 is 1.23 bits per heavy atom. The number of amides is 1. The first-order valence-electron chi connectivity index (χ1n) is 9.65. The molecule has 6 heteroatoms. The molecule has 1 amide bonds. The molecule has 2 fully saturated rings. The number of hydrogen-bond donors (Lipinski definition) is 2. The maximum absolute atomic E-state index is 12.4. The van der Waals surface area contributed by atoms with Crippen molar-refractivity contribution < 1.29 is 9.53 Å². The van der Waals surface area contributed by atoms with Crippen LogP contribution in [0.1, 0.15) is 49.0 Å². The van der Waals surface area contributed by atoms with Crippen LogP contribution in [-0.2, 0) is 11.3 Å². The Morgan fingerprint density at radius 2 is 1.96 bits per heavy atom. The summed E-state index contributed by atoms with van der Waals surface area (Å²) in [5.74, 6) is 0.887. The molecule has 0 spiro atoms. The Kier molecular flexibility index (Phi) is 6.14. The highest BCUT2D eigenvalue weighted by Gasteiger charge is 2.41.